The van der Waals surface area contributed by atoms with E-state index < -0.39 is 0 Å². The number of hydrogen-bond donors (Lipinski definition) is 0. The third-order valence-electron chi connectivity index (χ3n) is 10.5. The lowest BCUT2D eigenvalue weighted by Gasteiger charge is -2.15. The molecule has 0 aliphatic rings. The Morgan fingerprint density at radius 3 is 1.36 bits per heavy atom. The molecule has 0 unspecified atom stereocenters. The summed E-state index contributed by atoms with van der Waals surface area (Å²) in [6, 6.07) is 74.5. The number of fused-ring (bicyclic) bond motifs is 3. The zero-order chi connectivity index (χ0) is 37.3. The van der Waals surface area contributed by atoms with Crippen molar-refractivity contribution in [3.8, 4) is 78.5 Å². The molecule has 0 aliphatic carbocycles. The highest BCUT2D eigenvalue weighted by molar-refractivity contribution is 6.17. The number of hydrogen-bond acceptors (Lipinski definition) is 3. The summed E-state index contributed by atoms with van der Waals surface area (Å²) < 4.78 is 0. The molecule has 0 radical (unpaired) electrons. The second-order valence-corrected chi connectivity index (χ2v) is 14.0. The van der Waals surface area contributed by atoms with Crippen LogP contribution in [-0.4, -0.2) is 15.0 Å². The smallest absolute Gasteiger partial charge is 0.160 e. The molecule has 0 saturated carbocycles. The van der Waals surface area contributed by atoms with Crippen molar-refractivity contribution in [3.63, 3.8) is 0 Å². The molecule has 3 heteroatoms. The molecule has 0 atom stereocenters. The summed E-state index contributed by atoms with van der Waals surface area (Å²) in [7, 11) is 0. The SMILES string of the molecule is c1ccc(-c2cccc(-c3cc(-c4cccc(-c5cccc6c(-c7ccccc7)nc7ccccc7c56)c4)nc(-c4cccc(-c5ccccc5)c4)n3)c2)cc1. The van der Waals surface area contributed by atoms with Crippen LogP contribution in [0.25, 0.3) is 100 Å². The van der Waals surface area contributed by atoms with Crippen LogP contribution in [0.3, 0.4) is 0 Å². The van der Waals surface area contributed by atoms with Gasteiger partial charge in [0.05, 0.1) is 22.6 Å². The number of para-hydroxylation sites is 1. The first-order valence-electron chi connectivity index (χ1n) is 18.9. The van der Waals surface area contributed by atoms with Crippen molar-refractivity contribution >= 4 is 21.7 Å². The molecule has 10 rings (SSSR count). The fourth-order valence-corrected chi connectivity index (χ4v) is 7.73. The lowest BCUT2D eigenvalue weighted by Crippen LogP contribution is -1.97. The van der Waals surface area contributed by atoms with E-state index in [9.17, 15) is 0 Å². The van der Waals surface area contributed by atoms with Gasteiger partial charge in [0.2, 0.25) is 0 Å². The number of benzene rings is 8. The summed E-state index contributed by atoms with van der Waals surface area (Å²) in [6.07, 6.45) is 0. The Balaban J connectivity index is 1.15. The van der Waals surface area contributed by atoms with Gasteiger partial charge in [-0.05, 0) is 63.7 Å². The van der Waals surface area contributed by atoms with Crippen molar-refractivity contribution in [1.29, 1.82) is 0 Å². The van der Waals surface area contributed by atoms with E-state index in [4.69, 9.17) is 15.0 Å². The van der Waals surface area contributed by atoms with E-state index in [1.54, 1.807) is 0 Å². The molecular weight excluding hydrogens is 679 g/mol. The van der Waals surface area contributed by atoms with Crippen molar-refractivity contribution in [2.24, 2.45) is 0 Å². The molecule has 0 spiro atoms. The van der Waals surface area contributed by atoms with Crippen LogP contribution in [-0.2, 0) is 0 Å². The Morgan fingerprint density at radius 2 is 0.714 bits per heavy atom. The molecule has 2 heterocycles. The van der Waals surface area contributed by atoms with Crippen LogP contribution in [0, 0.1) is 0 Å². The molecule has 0 amide bonds. The Bertz CT molecular complexity index is 2910. The largest absolute Gasteiger partial charge is 0.247 e. The minimum atomic E-state index is 0.681. The third kappa shape index (κ3) is 6.31. The number of aromatic nitrogens is 3. The lowest BCUT2D eigenvalue weighted by molar-refractivity contribution is 1.18. The summed E-state index contributed by atoms with van der Waals surface area (Å²) >= 11 is 0. The van der Waals surface area contributed by atoms with Gasteiger partial charge in [-0.2, -0.15) is 0 Å². The minimum Gasteiger partial charge on any atom is -0.247 e. The standard InChI is InChI=1S/C53H35N3/c1-4-16-36(17-5-1)39-22-12-25-42(32-39)49-35-50(56-53(55-49)44-27-13-23-40(33-44)37-18-6-2-7-19-37)43-26-14-24-41(34-43)45-29-15-30-47-51(45)46-28-10-11-31-48(46)54-52(47)38-20-8-3-9-21-38/h1-35H. The van der Waals surface area contributed by atoms with Gasteiger partial charge >= 0.3 is 0 Å². The Kier molecular flexibility index (Phi) is 8.51. The molecular formula is C53H35N3. The van der Waals surface area contributed by atoms with Crippen LogP contribution < -0.4 is 0 Å². The zero-order valence-corrected chi connectivity index (χ0v) is 30.5. The Labute approximate surface area is 326 Å². The van der Waals surface area contributed by atoms with E-state index in [2.05, 4.69) is 194 Å². The van der Waals surface area contributed by atoms with Gasteiger partial charge < -0.3 is 0 Å². The second kappa shape index (κ2) is 14.4. The number of nitrogens with zero attached hydrogens (tertiary/aromatic N) is 3. The van der Waals surface area contributed by atoms with Crippen LogP contribution >= 0.6 is 0 Å². The molecule has 56 heavy (non-hydrogen) atoms. The highest BCUT2D eigenvalue weighted by Gasteiger charge is 2.17. The molecule has 8 aromatic carbocycles. The first-order chi connectivity index (χ1) is 27.7. The van der Waals surface area contributed by atoms with Gasteiger partial charge in [0.15, 0.2) is 5.82 Å². The van der Waals surface area contributed by atoms with Crippen LogP contribution in [0.5, 0.6) is 0 Å². The van der Waals surface area contributed by atoms with E-state index >= 15 is 0 Å². The summed E-state index contributed by atoms with van der Waals surface area (Å²) in [5.41, 5.74) is 14.7. The van der Waals surface area contributed by atoms with Crippen molar-refractivity contribution in [3.05, 3.63) is 212 Å². The van der Waals surface area contributed by atoms with Crippen molar-refractivity contribution < 1.29 is 0 Å². The lowest BCUT2D eigenvalue weighted by atomic mass is 9.92. The molecule has 0 saturated heterocycles. The summed E-state index contributed by atoms with van der Waals surface area (Å²) in [5, 5.41) is 3.45. The van der Waals surface area contributed by atoms with Crippen LogP contribution in [0.4, 0.5) is 0 Å². The normalized spacial score (nSPS) is 11.2. The first kappa shape index (κ1) is 33.1. The molecule has 0 fully saturated rings. The molecule has 262 valence electrons. The Morgan fingerprint density at radius 1 is 0.268 bits per heavy atom. The third-order valence-corrected chi connectivity index (χ3v) is 10.5. The van der Waals surface area contributed by atoms with E-state index in [0.29, 0.717) is 5.82 Å². The highest BCUT2D eigenvalue weighted by atomic mass is 14.9. The van der Waals surface area contributed by atoms with Gasteiger partial charge in [0.25, 0.3) is 0 Å². The van der Waals surface area contributed by atoms with Crippen LogP contribution in [0.15, 0.2) is 212 Å². The molecule has 2 aromatic heterocycles. The molecule has 0 N–H and O–H groups in total. The molecule has 10 aromatic rings. The van der Waals surface area contributed by atoms with Gasteiger partial charge in [0.1, 0.15) is 0 Å². The van der Waals surface area contributed by atoms with Crippen LogP contribution in [0.2, 0.25) is 0 Å². The number of rotatable bonds is 7. The monoisotopic (exact) mass is 713 g/mol. The second-order valence-electron chi connectivity index (χ2n) is 14.0. The van der Waals surface area contributed by atoms with Gasteiger partial charge in [-0.3, -0.25) is 0 Å². The van der Waals surface area contributed by atoms with E-state index in [0.717, 1.165) is 83.4 Å². The predicted octanol–water partition coefficient (Wildman–Crippen LogP) is 13.8. The topological polar surface area (TPSA) is 38.7 Å². The Hall–Kier alpha value is -7.49. The maximum absolute atomic E-state index is 5.29. The van der Waals surface area contributed by atoms with Gasteiger partial charge in [-0.25, -0.2) is 15.0 Å². The molecule has 0 aliphatic heterocycles. The zero-order valence-electron chi connectivity index (χ0n) is 30.5. The van der Waals surface area contributed by atoms with Gasteiger partial charge in [0, 0.05) is 38.4 Å². The quantitative estimate of drug-likeness (QED) is 0.154. The maximum atomic E-state index is 5.29. The highest BCUT2D eigenvalue weighted by Crippen LogP contribution is 2.40. The van der Waals surface area contributed by atoms with E-state index in [-0.39, 0.29) is 0 Å². The fraction of sp³-hybridized carbons (Fsp3) is 0. The van der Waals surface area contributed by atoms with Crippen molar-refractivity contribution in [2.75, 3.05) is 0 Å². The van der Waals surface area contributed by atoms with E-state index in [1.807, 2.05) is 18.2 Å². The number of pyridine rings is 1. The minimum absolute atomic E-state index is 0.681. The fourth-order valence-electron chi connectivity index (χ4n) is 7.73. The predicted molar refractivity (Wildman–Crippen MR) is 233 cm³/mol. The summed E-state index contributed by atoms with van der Waals surface area (Å²) in [6.45, 7) is 0. The van der Waals surface area contributed by atoms with Gasteiger partial charge in [-0.1, -0.05) is 182 Å². The first-order valence-corrected chi connectivity index (χ1v) is 18.9. The molecule has 3 nitrogen and oxygen atoms in total. The summed E-state index contributed by atoms with van der Waals surface area (Å²) in [5.74, 6) is 0.681. The maximum Gasteiger partial charge on any atom is 0.160 e. The van der Waals surface area contributed by atoms with Gasteiger partial charge in [-0.15, -0.1) is 0 Å². The average Bonchev–Trinajstić information content (AvgIpc) is 3.29. The molecule has 0 bridgehead atoms. The summed E-state index contributed by atoms with van der Waals surface area (Å²) in [4.78, 5) is 15.7. The van der Waals surface area contributed by atoms with E-state index in [1.165, 1.54) is 10.9 Å². The average molecular weight is 714 g/mol. The van der Waals surface area contributed by atoms with Crippen molar-refractivity contribution in [2.45, 2.75) is 0 Å². The van der Waals surface area contributed by atoms with Crippen molar-refractivity contribution in [1.82, 2.24) is 15.0 Å². The van der Waals surface area contributed by atoms with Crippen LogP contribution in [0.1, 0.15) is 0 Å².